The van der Waals surface area contributed by atoms with Crippen molar-refractivity contribution < 1.29 is 29.3 Å². The molecule has 1 rings (SSSR count). The number of carboxylic acid groups (broad SMARTS) is 2. The zero-order chi connectivity index (χ0) is 14.5. The van der Waals surface area contributed by atoms with E-state index in [9.17, 15) is 19.5 Å². The van der Waals surface area contributed by atoms with Crippen molar-refractivity contribution in [2.75, 3.05) is 19.8 Å². The number of carbonyl (C=O) groups is 3. The monoisotopic (exact) mass is 274 g/mol. The van der Waals surface area contributed by atoms with E-state index in [1.165, 1.54) is 0 Å². The standard InChI is InChI=1S/C11H18N2O6/c12-7(5-8(14)15)9(16)13-6-11(10(17)18)1-3-19-4-2-11/h7H,1-6,12H2,(H,13,16)(H,14,15)(H,17,18). The number of nitrogens with two attached hydrogens (primary N) is 1. The number of hydrogen-bond donors (Lipinski definition) is 4. The van der Waals surface area contributed by atoms with Crippen LogP contribution < -0.4 is 11.1 Å². The molecule has 0 aromatic carbocycles. The van der Waals surface area contributed by atoms with Crippen LogP contribution in [0.4, 0.5) is 0 Å². The van der Waals surface area contributed by atoms with Gasteiger partial charge in [0.1, 0.15) is 0 Å². The molecule has 8 heteroatoms. The van der Waals surface area contributed by atoms with E-state index < -0.39 is 35.7 Å². The molecule has 0 aliphatic carbocycles. The Morgan fingerprint density at radius 1 is 1.26 bits per heavy atom. The van der Waals surface area contributed by atoms with Gasteiger partial charge >= 0.3 is 11.9 Å². The zero-order valence-corrected chi connectivity index (χ0v) is 10.4. The quantitative estimate of drug-likeness (QED) is 0.476. The first kappa shape index (κ1) is 15.4. The van der Waals surface area contributed by atoms with Gasteiger partial charge in [0.25, 0.3) is 0 Å². The third-order valence-corrected chi connectivity index (χ3v) is 3.24. The fraction of sp³-hybridized carbons (Fsp3) is 0.727. The Bertz CT molecular complexity index is 364. The molecule has 0 saturated carbocycles. The Kier molecular flexibility index (Phi) is 5.25. The van der Waals surface area contributed by atoms with Gasteiger partial charge in [-0.05, 0) is 12.8 Å². The second-order valence-corrected chi connectivity index (χ2v) is 4.62. The lowest BCUT2D eigenvalue weighted by molar-refractivity contribution is -0.155. The molecule has 1 amide bonds. The molecule has 0 bridgehead atoms. The Morgan fingerprint density at radius 2 is 1.84 bits per heavy atom. The van der Waals surface area contributed by atoms with Crippen molar-refractivity contribution >= 4 is 17.8 Å². The molecule has 0 spiro atoms. The molecule has 0 aromatic heterocycles. The molecule has 1 aliphatic heterocycles. The van der Waals surface area contributed by atoms with Crippen LogP contribution in [0.25, 0.3) is 0 Å². The first-order valence-electron chi connectivity index (χ1n) is 5.93. The molecule has 1 atom stereocenters. The van der Waals surface area contributed by atoms with E-state index in [4.69, 9.17) is 15.6 Å². The van der Waals surface area contributed by atoms with E-state index >= 15 is 0 Å². The average Bonchev–Trinajstić information content (AvgIpc) is 2.36. The van der Waals surface area contributed by atoms with Crippen LogP contribution in [-0.2, 0) is 19.1 Å². The number of aliphatic carboxylic acids is 2. The summed E-state index contributed by atoms with van der Waals surface area (Å²) in [6, 6.07) is -1.18. The average molecular weight is 274 g/mol. The highest BCUT2D eigenvalue weighted by Gasteiger charge is 2.40. The minimum absolute atomic E-state index is 0.0716. The maximum atomic E-state index is 11.6. The molecule has 1 saturated heterocycles. The summed E-state index contributed by atoms with van der Waals surface area (Å²) >= 11 is 0. The van der Waals surface area contributed by atoms with Gasteiger partial charge < -0.3 is 26.0 Å². The molecular formula is C11H18N2O6. The van der Waals surface area contributed by atoms with Crippen LogP contribution in [0.3, 0.4) is 0 Å². The summed E-state index contributed by atoms with van der Waals surface area (Å²) in [6.45, 7) is 0.574. The molecule has 1 unspecified atom stereocenters. The highest BCUT2D eigenvalue weighted by Crippen LogP contribution is 2.30. The van der Waals surface area contributed by atoms with E-state index in [0.717, 1.165) is 0 Å². The number of amides is 1. The largest absolute Gasteiger partial charge is 0.481 e. The van der Waals surface area contributed by atoms with Gasteiger partial charge in [-0.25, -0.2) is 0 Å². The van der Waals surface area contributed by atoms with Gasteiger partial charge in [0.2, 0.25) is 5.91 Å². The molecule has 1 heterocycles. The third-order valence-electron chi connectivity index (χ3n) is 3.24. The SMILES string of the molecule is NC(CC(=O)O)C(=O)NCC1(C(=O)O)CCOCC1. The lowest BCUT2D eigenvalue weighted by Gasteiger charge is -2.33. The predicted molar refractivity (Wildman–Crippen MR) is 63.4 cm³/mol. The summed E-state index contributed by atoms with van der Waals surface area (Å²) in [7, 11) is 0. The van der Waals surface area contributed by atoms with Crippen LogP contribution in [0.2, 0.25) is 0 Å². The first-order valence-corrected chi connectivity index (χ1v) is 5.93. The van der Waals surface area contributed by atoms with Gasteiger partial charge in [-0.15, -0.1) is 0 Å². The maximum Gasteiger partial charge on any atom is 0.311 e. The fourth-order valence-corrected chi connectivity index (χ4v) is 1.90. The van der Waals surface area contributed by atoms with Crippen molar-refractivity contribution in [3.63, 3.8) is 0 Å². The van der Waals surface area contributed by atoms with E-state index in [1.807, 2.05) is 0 Å². The summed E-state index contributed by atoms with van der Waals surface area (Å²) in [5.74, 6) is -2.83. The fourth-order valence-electron chi connectivity index (χ4n) is 1.90. The van der Waals surface area contributed by atoms with Crippen LogP contribution in [0.1, 0.15) is 19.3 Å². The number of hydrogen-bond acceptors (Lipinski definition) is 5. The van der Waals surface area contributed by atoms with Crippen LogP contribution in [-0.4, -0.2) is 53.9 Å². The summed E-state index contributed by atoms with van der Waals surface area (Å²) in [6.07, 6.45) is 0.114. The zero-order valence-electron chi connectivity index (χ0n) is 10.4. The molecule has 1 aliphatic rings. The minimum atomic E-state index is -1.18. The van der Waals surface area contributed by atoms with Gasteiger partial charge in [-0.2, -0.15) is 0 Å². The van der Waals surface area contributed by atoms with E-state index in [1.54, 1.807) is 0 Å². The Balaban J connectivity index is 2.54. The van der Waals surface area contributed by atoms with Crippen molar-refractivity contribution in [3.05, 3.63) is 0 Å². The summed E-state index contributed by atoms with van der Waals surface area (Å²) in [5, 5.41) is 20.2. The van der Waals surface area contributed by atoms with E-state index in [-0.39, 0.29) is 6.54 Å². The van der Waals surface area contributed by atoms with Crippen molar-refractivity contribution in [2.45, 2.75) is 25.3 Å². The van der Waals surface area contributed by atoms with Gasteiger partial charge in [0.15, 0.2) is 0 Å². The van der Waals surface area contributed by atoms with E-state index in [2.05, 4.69) is 5.32 Å². The van der Waals surface area contributed by atoms with Crippen LogP contribution in [0.15, 0.2) is 0 Å². The molecule has 1 fully saturated rings. The normalized spacial score (nSPS) is 19.4. The van der Waals surface area contributed by atoms with Gasteiger partial charge in [0.05, 0.1) is 17.9 Å². The molecule has 0 radical (unpaired) electrons. The van der Waals surface area contributed by atoms with Crippen molar-refractivity contribution in [1.82, 2.24) is 5.32 Å². The minimum Gasteiger partial charge on any atom is -0.481 e. The van der Waals surface area contributed by atoms with Crippen LogP contribution >= 0.6 is 0 Å². The van der Waals surface area contributed by atoms with Gasteiger partial charge in [-0.3, -0.25) is 14.4 Å². The van der Waals surface area contributed by atoms with Crippen molar-refractivity contribution in [3.8, 4) is 0 Å². The number of carboxylic acids is 2. The van der Waals surface area contributed by atoms with Crippen molar-refractivity contribution in [2.24, 2.45) is 11.1 Å². The molecule has 5 N–H and O–H groups in total. The van der Waals surface area contributed by atoms with Gasteiger partial charge in [-0.1, -0.05) is 0 Å². The molecule has 8 nitrogen and oxygen atoms in total. The number of ether oxygens (including phenoxy) is 1. The Morgan fingerprint density at radius 3 is 2.32 bits per heavy atom. The number of carbonyl (C=O) groups excluding carboxylic acids is 1. The number of nitrogens with one attached hydrogen (secondary N) is 1. The summed E-state index contributed by atoms with van der Waals surface area (Å²) < 4.78 is 5.10. The molecule has 19 heavy (non-hydrogen) atoms. The first-order chi connectivity index (χ1) is 8.87. The molecular weight excluding hydrogens is 256 g/mol. The smallest absolute Gasteiger partial charge is 0.311 e. The van der Waals surface area contributed by atoms with Gasteiger partial charge in [0, 0.05) is 19.8 Å². The topological polar surface area (TPSA) is 139 Å². The lowest BCUT2D eigenvalue weighted by atomic mass is 9.80. The van der Waals surface area contributed by atoms with E-state index in [0.29, 0.717) is 26.1 Å². The van der Waals surface area contributed by atoms with Crippen LogP contribution in [0, 0.1) is 5.41 Å². The van der Waals surface area contributed by atoms with Crippen molar-refractivity contribution in [1.29, 1.82) is 0 Å². The Hall–Kier alpha value is -1.67. The third kappa shape index (κ3) is 4.18. The maximum absolute atomic E-state index is 11.6. The molecule has 0 aromatic rings. The molecule has 108 valence electrons. The second-order valence-electron chi connectivity index (χ2n) is 4.62. The number of rotatable bonds is 6. The van der Waals surface area contributed by atoms with Crippen LogP contribution in [0.5, 0.6) is 0 Å². The Labute approximate surface area is 109 Å². The summed E-state index contributed by atoms with van der Waals surface area (Å²) in [4.78, 5) is 33.3. The highest BCUT2D eigenvalue weighted by atomic mass is 16.5. The predicted octanol–water partition coefficient (Wildman–Crippen LogP) is -1.21. The lowest BCUT2D eigenvalue weighted by Crippen LogP contribution is -2.50. The summed E-state index contributed by atoms with van der Waals surface area (Å²) in [5.41, 5.74) is 4.33. The highest BCUT2D eigenvalue weighted by molar-refractivity contribution is 5.86. The second kappa shape index (κ2) is 6.48.